The summed E-state index contributed by atoms with van der Waals surface area (Å²) < 4.78 is 13.5. The highest BCUT2D eigenvalue weighted by Crippen LogP contribution is 2.33. The van der Waals surface area contributed by atoms with Gasteiger partial charge in [-0.25, -0.2) is 4.39 Å². The molecule has 0 saturated carbocycles. The van der Waals surface area contributed by atoms with Crippen LogP contribution in [0.3, 0.4) is 0 Å². The molecule has 1 amide bonds. The van der Waals surface area contributed by atoms with Crippen LogP contribution in [0.1, 0.15) is 11.1 Å². The van der Waals surface area contributed by atoms with E-state index in [1.807, 2.05) is 24.1 Å². The van der Waals surface area contributed by atoms with Crippen LogP contribution in [0.25, 0.3) is 0 Å². The fourth-order valence-corrected chi connectivity index (χ4v) is 3.57. The van der Waals surface area contributed by atoms with Crippen molar-refractivity contribution in [2.45, 2.75) is 13.1 Å². The van der Waals surface area contributed by atoms with Crippen molar-refractivity contribution in [1.82, 2.24) is 4.90 Å². The minimum absolute atomic E-state index is 0.0729. The highest BCUT2D eigenvalue weighted by Gasteiger charge is 2.28. The van der Waals surface area contributed by atoms with Crippen molar-refractivity contribution in [3.8, 4) is 0 Å². The van der Waals surface area contributed by atoms with Crippen molar-refractivity contribution < 1.29 is 9.18 Å². The van der Waals surface area contributed by atoms with Crippen molar-refractivity contribution in [2.24, 2.45) is 0 Å². The van der Waals surface area contributed by atoms with Crippen LogP contribution in [0.4, 0.5) is 15.8 Å². The van der Waals surface area contributed by atoms with Gasteiger partial charge in [0.2, 0.25) is 5.91 Å². The molecule has 0 spiro atoms. The lowest BCUT2D eigenvalue weighted by atomic mass is 10.1. The monoisotopic (exact) mass is 325 g/mol. The van der Waals surface area contributed by atoms with Gasteiger partial charge >= 0.3 is 0 Å². The number of rotatable bonds is 2. The van der Waals surface area contributed by atoms with E-state index in [0.717, 1.165) is 24.5 Å². The van der Waals surface area contributed by atoms with Crippen LogP contribution >= 0.6 is 0 Å². The topological polar surface area (TPSA) is 26.8 Å². The first-order chi connectivity index (χ1) is 11.6. The molecule has 0 aromatic heterocycles. The van der Waals surface area contributed by atoms with Crippen molar-refractivity contribution in [3.63, 3.8) is 0 Å². The Morgan fingerprint density at radius 2 is 1.75 bits per heavy atom. The van der Waals surface area contributed by atoms with Crippen molar-refractivity contribution in [2.75, 3.05) is 36.5 Å². The SMILES string of the molecule is CN1CCN(C(=O)CN2Cc3ccccc3C2)c2ccc(F)cc21. The van der Waals surface area contributed by atoms with Crippen LogP contribution in [0.2, 0.25) is 0 Å². The normalized spacial score (nSPS) is 16.9. The van der Waals surface area contributed by atoms with Gasteiger partial charge in [0.05, 0.1) is 17.9 Å². The first kappa shape index (κ1) is 15.1. The Hall–Kier alpha value is -2.40. The number of fused-ring (bicyclic) bond motifs is 2. The number of carbonyl (C=O) groups excluding carboxylic acids is 1. The second-order valence-corrected chi connectivity index (χ2v) is 6.51. The minimum atomic E-state index is -0.273. The number of hydrogen-bond donors (Lipinski definition) is 0. The molecule has 5 heteroatoms. The molecule has 0 saturated heterocycles. The first-order valence-corrected chi connectivity index (χ1v) is 8.22. The lowest BCUT2D eigenvalue weighted by Crippen LogP contribution is -2.46. The molecule has 0 atom stereocenters. The Balaban J connectivity index is 1.51. The van der Waals surface area contributed by atoms with Gasteiger partial charge < -0.3 is 9.80 Å². The molecule has 0 fully saturated rings. The third-order valence-corrected chi connectivity index (χ3v) is 4.86. The fraction of sp³-hybridized carbons (Fsp3) is 0.316. The highest BCUT2D eigenvalue weighted by atomic mass is 19.1. The maximum Gasteiger partial charge on any atom is 0.241 e. The second kappa shape index (κ2) is 5.91. The number of carbonyl (C=O) groups is 1. The maximum absolute atomic E-state index is 13.5. The molecule has 0 aliphatic carbocycles. The van der Waals surface area contributed by atoms with Crippen molar-refractivity contribution >= 4 is 17.3 Å². The van der Waals surface area contributed by atoms with Crippen LogP contribution < -0.4 is 9.80 Å². The van der Waals surface area contributed by atoms with E-state index >= 15 is 0 Å². The number of likely N-dealkylation sites (N-methyl/N-ethyl adjacent to an activating group) is 1. The van der Waals surface area contributed by atoms with Gasteiger partial charge in [0.1, 0.15) is 5.82 Å². The lowest BCUT2D eigenvalue weighted by molar-refractivity contribution is -0.119. The quantitative estimate of drug-likeness (QED) is 0.849. The van der Waals surface area contributed by atoms with Crippen LogP contribution in [-0.4, -0.2) is 37.5 Å². The average molecular weight is 325 g/mol. The third-order valence-electron chi connectivity index (χ3n) is 4.86. The van der Waals surface area contributed by atoms with Crippen molar-refractivity contribution in [3.05, 3.63) is 59.4 Å². The Morgan fingerprint density at radius 3 is 2.46 bits per heavy atom. The van der Waals surface area contributed by atoms with E-state index in [0.29, 0.717) is 19.6 Å². The highest BCUT2D eigenvalue weighted by molar-refractivity contribution is 5.99. The average Bonchev–Trinajstić information content (AvgIpc) is 2.97. The van der Waals surface area contributed by atoms with E-state index in [1.165, 1.54) is 23.3 Å². The largest absolute Gasteiger partial charge is 0.371 e. The predicted octanol–water partition coefficient (Wildman–Crippen LogP) is 2.62. The summed E-state index contributed by atoms with van der Waals surface area (Å²) in [7, 11) is 1.93. The summed E-state index contributed by atoms with van der Waals surface area (Å²) in [4.78, 5) is 18.8. The molecule has 2 aromatic rings. The van der Waals surface area contributed by atoms with Gasteiger partial charge in [0.25, 0.3) is 0 Å². The molecule has 0 unspecified atom stereocenters. The summed E-state index contributed by atoms with van der Waals surface area (Å²) >= 11 is 0. The van der Waals surface area contributed by atoms with E-state index < -0.39 is 0 Å². The smallest absolute Gasteiger partial charge is 0.241 e. The summed E-state index contributed by atoms with van der Waals surface area (Å²) in [6.45, 7) is 3.35. The Morgan fingerprint density at radius 1 is 1.04 bits per heavy atom. The van der Waals surface area contributed by atoms with Crippen LogP contribution in [0, 0.1) is 5.82 Å². The summed E-state index contributed by atoms with van der Waals surface area (Å²) in [6.07, 6.45) is 0. The molecule has 4 nitrogen and oxygen atoms in total. The zero-order valence-electron chi connectivity index (χ0n) is 13.7. The van der Waals surface area contributed by atoms with Gasteiger partial charge in [0.15, 0.2) is 0 Å². The molecular formula is C19H20FN3O. The van der Waals surface area contributed by atoms with Gasteiger partial charge in [-0.3, -0.25) is 9.69 Å². The molecule has 2 aliphatic rings. The van der Waals surface area contributed by atoms with Gasteiger partial charge in [-0.2, -0.15) is 0 Å². The summed E-state index contributed by atoms with van der Waals surface area (Å²) in [5.74, 6) is -0.200. The molecule has 124 valence electrons. The zero-order chi connectivity index (χ0) is 16.7. The molecule has 2 aliphatic heterocycles. The predicted molar refractivity (Wildman–Crippen MR) is 92.6 cm³/mol. The lowest BCUT2D eigenvalue weighted by Gasteiger charge is -2.36. The van der Waals surface area contributed by atoms with Crippen LogP contribution in [-0.2, 0) is 17.9 Å². The first-order valence-electron chi connectivity index (χ1n) is 8.22. The van der Waals surface area contributed by atoms with E-state index in [2.05, 4.69) is 17.0 Å². The van der Waals surface area contributed by atoms with E-state index in [9.17, 15) is 9.18 Å². The number of benzene rings is 2. The van der Waals surface area contributed by atoms with Gasteiger partial charge in [-0.15, -0.1) is 0 Å². The second-order valence-electron chi connectivity index (χ2n) is 6.51. The molecule has 24 heavy (non-hydrogen) atoms. The molecule has 0 bridgehead atoms. The molecule has 0 N–H and O–H groups in total. The van der Waals surface area contributed by atoms with E-state index in [1.54, 1.807) is 11.0 Å². The number of halogens is 1. The summed E-state index contributed by atoms with van der Waals surface area (Å²) in [5, 5.41) is 0. The van der Waals surface area contributed by atoms with E-state index in [-0.39, 0.29) is 11.7 Å². The number of anilines is 2. The number of hydrogen-bond acceptors (Lipinski definition) is 3. The minimum Gasteiger partial charge on any atom is -0.371 e. The molecule has 0 radical (unpaired) electrons. The number of nitrogens with zero attached hydrogens (tertiary/aromatic N) is 3. The Labute approximate surface area is 141 Å². The fourth-order valence-electron chi connectivity index (χ4n) is 3.57. The zero-order valence-corrected chi connectivity index (χ0v) is 13.7. The molecule has 2 aromatic carbocycles. The summed E-state index contributed by atoms with van der Waals surface area (Å²) in [5.41, 5.74) is 4.17. The summed E-state index contributed by atoms with van der Waals surface area (Å²) in [6, 6.07) is 12.9. The van der Waals surface area contributed by atoms with E-state index in [4.69, 9.17) is 0 Å². The molecular weight excluding hydrogens is 305 g/mol. The number of amides is 1. The van der Waals surface area contributed by atoms with Gasteiger partial charge in [0, 0.05) is 33.2 Å². The van der Waals surface area contributed by atoms with Crippen LogP contribution in [0.15, 0.2) is 42.5 Å². The molecule has 2 heterocycles. The Kier molecular flexibility index (Phi) is 3.73. The van der Waals surface area contributed by atoms with Crippen LogP contribution in [0.5, 0.6) is 0 Å². The van der Waals surface area contributed by atoms with Gasteiger partial charge in [-0.05, 0) is 29.3 Å². The molecule has 4 rings (SSSR count). The Bertz CT molecular complexity index is 767. The van der Waals surface area contributed by atoms with Crippen molar-refractivity contribution in [1.29, 1.82) is 0 Å². The standard InChI is InChI=1S/C19H20FN3O/c1-21-8-9-23(17-7-6-16(20)10-18(17)21)19(24)13-22-11-14-4-2-3-5-15(14)12-22/h2-7,10H,8-9,11-13H2,1H3. The third kappa shape index (κ3) is 2.65. The maximum atomic E-state index is 13.5. The van der Waals surface area contributed by atoms with Gasteiger partial charge in [-0.1, -0.05) is 24.3 Å².